The molecule has 1 saturated heterocycles. The number of thioether (sulfide) groups is 1. The van der Waals surface area contributed by atoms with Gasteiger partial charge in [0.25, 0.3) is 11.8 Å². The second-order valence-corrected chi connectivity index (χ2v) is 9.75. The van der Waals surface area contributed by atoms with Crippen LogP contribution in [0.15, 0.2) is 32.3 Å². The molecule has 2 aliphatic heterocycles. The van der Waals surface area contributed by atoms with Crippen molar-refractivity contribution in [2.75, 3.05) is 24.0 Å². The van der Waals surface area contributed by atoms with Gasteiger partial charge in [-0.1, -0.05) is 5.16 Å². The van der Waals surface area contributed by atoms with E-state index in [2.05, 4.69) is 31.0 Å². The Morgan fingerprint density at radius 2 is 2.15 bits per heavy atom. The fourth-order valence-electron chi connectivity index (χ4n) is 3.21. The number of nitrogens with two attached hydrogens (primary N) is 1. The Kier molecular flexibility index (Phi) is 6.80. The highest BCUT2D eigenvalue weighted by Gasteiger charge is 2.54. The maximum absolute atomic E-state index is 12.8. The van der Waals surface area contributed by atoms with E-state index in [1.807, 2.05) is 12.3 Å². The molecular formula is C18H18N8O5S3. The smallest absolute Gasteiger partial charge is 0.353 e. The number of hydrogen-bond acceptors (Lipinski definition) is 13. The molecule has 2 atom stereocenters. The highest BCUT2D eigenvalue weighted by molar-refractivity contribution is 8.00. The van der Waals surface area contributed by atoms with Crippen molar-refractivity contribution in [1.82, 2.24) is 20.2 Å². The van der Waals surface area contributed by atoms with Crippen LogP contribution in [-0.4, -0.2) is 74.0 Å². The number of aromatic nitrogens is 2. The molecule has 0 aromatic carbocycles. The van der Waals surface area contributed by atoms with Crippen molar-refractivity contribution in [1.29, 1.82) is 0 Å². The number of oxime groups is 1. The molecule has 2 aromatic rings. The van der Waals surface area contributed by atoms with Crippen molar-refractivity contribution < 1.29 is 24.3 Å². The van der Waals surface area contributed by atoms with Crippen LogP contribution in [0.4, 0.5) is 10.3 Å². The van der Waals surface area contributed by atoms with Crippen molar-refractivity contribution in [2.45, 2.75) is 18.3 Å². The Bertz CT molecular complexity index is 1240. The summed E-state index contributed by atoms with van der Waals surface area (Å²) in [5, 5.41) is 23.7. The molecule has 13 nitrogen and oxygen atoms in total. The lowest BCUT2D eigenvalue weighted by Gasteiger charge is -2.49. The quantitative estimate of drug-likeness (QED) is 0.218. The number of β-lactam (4-membered cyclic amide) rings is 1. The molecule has 178 valence electrons. The summed E-state index contributed by atoms with van der Waals surface area (Å²) in [5.74, 6) is -2.25. The van der Waals surface area contributed by atoms with E-state index in [0.29, 0.717) is 10.7 Å². The highest BCUT2D eigenvalue weighted by Crippen LogP contribution is 2.40. The van der Waals surface area contributed by atoms with Gasteiger partial charge in [0.1, 0.15) is 29.9 Å². The van der Waals surface area contributed by atoms with Gasteiger partial charge in [-0.05, 0) is 6.92 Å². The van der Waals surface area contributed by atoms with E-state index in [4.69, 9.17) is 10.6 Å². The number of nitrogen functional groups attached to an aromatic ring is 1. The summed E-state index contributed by atoms with van der Waals surface area (Å²) in [5.41, 5.74) is 9.43. The molecule has 4 heterocycles. The first-order chi connectivity index (χ1) is 16.3. The maximum Gasteiger partial charge on any atom is 0.353 e. The summed E-state index contributed by atoms with van der Waals surface area (Å²) in [4.78, 5) is 51.7. The molecule has 0 saturated carbocycles. The van der Waals surface area contributed by atoms with Crippen molar-refractivity contribution >= 4 is 74.4 Å². The second kappa shape index (κ2) is 9.78. The number of amides is 2. The van der Waals surface area contributed by atoms with Crippen LogP contribution >= 0.6 is 34.4 Å². The highest BCUT2D eigenvalue weighted by atomic mass is 32.2. The number of carbonyl (C=O) groups is 3. The number of hydrogen-bond donors (Lipinski definition) is 4. The van der Waals surface area contributed by atoms with Gasteiger partial charge >= 0.3 is 5.97 Å². The van der Waals surface area contributed by atoms with Gasteiger partial charge in [-0.3, -0.25) is 19.9 Å². The van der Waals surface area contributed by atoms with Gasteiger partial charge < -0.3 is 21.0 Å². The molecule has 0 aliphatic carbocycles. The van der Waals surface area contributed by atoms with Crippen LogP contribution < -0.4 is 16.5 Å². The minimum absolute atomic E-state index is 0.146. The van der Waals surface area contributed by atoms with Crippen LogP contribution in [0, 0.1) is 6.92 Å². The first-order valence-corrected chi connectivity index (χ1v) is 12.4. The Hall–Kier alpha value is -3.50. The fraction of sp³-hybridized carbons (Fsp3) is 0.278. The lowest BCUT2D eigenvalue weighted by Crippen LogP contribution is -2.71. The zero-order valence-corrected chi connectivity index (χ0v) is 20.2. The van der Waals surface area contributed by atoms with Crippen molar-refractivity contribution in [3.8, 4) is 0 Å². The maximum atomic E-state index is 12.8. The van der Waals surface area contributed by atoms with E-state index in [0.717, 1.165) is 21.9 Å². The number of carboxylic acids is 1. The van der Waals surface area contributed by atoms with Crippen LogP contribution in [0.1, 0.15) is 11.4 Å². The molecule has 5 N–H and O–H groups in total. The SMILES string of the molecule is CO/N=C(\C(=O)NC1C(=O)N2C(C(=O)O)=C(C=NNc3nc(C)cs3)CS[C@@H]12)c1csc(N)n1. The topological polar surface area (TPSA) is 184 Å². The third kappa shape index (κ3) is 4.59. The summed E-state index contributed by atoms with van der Waals surface area (Å²) >= 11 is 3.79. The fourth-order valence-corrected chi connectivity index (χ4v) is 5.70. The average Bonchev–Trinajstić information content (AvgIpc) is 3.42. The molecule has 1 fully saturated rings. The molecule has 0 radical (unpaired) electrons. The van der Waals surface area contributed by atoms with Crippen LogP contribution in [0.5, 0.6) is 0 Å². The van der Waals surface area contributed by atoms with E-state index in [-0.39, 0.29) is 28.0 Å². The molecule has 2 aliphatic rings. The first-order valence-electron chi connectivity index (χ1n) is 9.56. The number of thiazole rings is 2. The van der Waals surface area contributed by atoms with Crippen LogP contribution in [-0.2, 0) is 19.2 Å². The summed E-state index contributed by atoms with van der Waals surface area (Å²) in [6, 6.07) is -0.945. The largest absolute Gasteiger partial charge is 0.477 e. The number of carbonyl (C=O) groups excluding carboxylic acids is 2. The third-order valence-corrected chi connectivity index (χ3v) is 7.49. The summed E-state index contributed by atoms with van der Waals surface area (Å²) in [7, 11) is 1.27. The Balaban J connectivity index is 1.49. The number of hydrazone groups is 1. The molecule has 16 heteroatoms. The minimum atomic E-state index is -1.27. The van der Waals surface area contributed by atoms with E-state index in [9.17, 15) is 19.5 Å². The van der Waals surface area contributed by atoms with Gasteiger partial charge in [-0.25, -0.2) is 14.8 Å². The van der Waals surface area contributed by atoms with Gasteiger partial charge in [0.2, 0.25) is 5.13 Å². The van der Waals surface area contributed by atoms with E-state index < -0.39 is 29.2 Å². The third-order valence-electron chi connectivity index (χ3n) is 4.65. The van der Waals surface area contributed by atoms with Gasteiger partial charge in [0.05, 0.1) is 11.9 Å². The number of anilines is 2. The van der Waals surface area contributed by atoms with Crippen LogP contribution in [0.2, 0.25) is 0 Å². The molecule has 0 spiro atoms. The summed E-state index contributed by atoms with van der Waals surface area (Å²) in [6.45, 7) is 1.84. The van der Waals surface area contributed by atoms with Crippen LogP contribution in [0.25, 0.3) is 0 Å². The second-order valence-electron chi connectivity index (χ2n) is 6.90. The molecule has 4 rings (SSSR count). The molecule has 1 unspecified atom stereocenters. The van der Waals surface area contributed by atoms with E-state index in [1.54, 1.807) is 0 Å². The summed E-state index contributed by atoms with van der Waals surface area (Å²) in [6.07, 6.45) is 1.36. The Labute approximate surface area is 204 Å². The lowest BCUT2D eigenvalue weighted by atomic mass is 10.0. The van der Waals surface area contributed by atoms with Crippen molar-refractivity contribution in [3.63, 3.8) is 0 Å². The number of carboxylic acid groups (broad SMARTS) is 1. The Morgan fingerprint density at radius 1 is 1.35 bits per heavy atom. The predicted octanol–water partition coefficient (Wildman–Crippen LogP) is 0.677. The van der Waals surface area contributed by atoms with Gasteiger partial charge in [-0.2, -0.15) is 5.10 Å². The lowest BCUT2D eigenvalue weighted by molar-refractivity contribution is -0.150. The van der Waals surface area contributed by atoms with Gasteiger partial charge in [0.15, 0.2) is 10.8 Å². The van der Waals surface area contributed by atoms with E-state index >= 15 is 0 Å². The number of aliphatic carboxylic acids is 1. The number of aryl methyl sites for hydroxylation is 1. The zero-order chi connectivity index (χ0) is 24.4. The zero-order valence-electron chi connectivity index (χ0n) is 17.7. The number of fused-ring (bicyclic) bond motifs is 1. The molecule has 34 heavy (non-hydrogen) atoms. The average molecular weight is 523 g/mol. The number of nitrogens with zero attached hydrogens (tertiary/aromatic N) is 5. The van der Waals surface area contributed by atoms with Crippen molar-refractivity contribution in [3.05, 3.63) is 33.4 Å². The number of rotatable bonds is 8. The van der Waals surface area contributed by atoms with E-state index in [1.165, 1.54) is 41.8 Å². The summed E-state index contributed by atoms with van der Waals surface area (Å²) < 4.78 is 0. The standard InChI is InChI=1S/C18H18N8O5S3/c1-7-4-34-18(21-7)24-20-3-8-5-32-15-11(14(28)26(15)12(8)16(29)30)23-13(27)10(25-31-2)9-6-33-17(19)22-9/h3-4,6,11,15H,5H2,1-2H3,(H2,19,22)(H,21,24)(H,23,27)(H,29,30)/b20-3?,25-10-/t11?,15-/m0/s1. The minimum Gasteiger partial charge on any atom is -0.477 e. The molecule has 2 aromatic heterocycles. The molecule has 0 bridgehead atoms. The Morgan fingerprint density at radius 3 is 2.76 bits per heavy atom. The molecule has 2 amide bonds. The van der Waals surface area contributed by atoms with Gasteiger partial charge in [-0.15, -0.1) is 34.4 Å². The van der Waals surface area contributed by atoms with Gasteiger partial charge in [0, 0.05) is 22.1 Å². The van der Waals surface area contributed by atoms with Crippen LogP contribution in [0.3, 0.4) is 0 Å². The monoisotopic (exact) mass is 522 g/mol. The normalized spacial score (nSPS) is 20.2. The predicted molar refractivity (Wildman–Crippen MR) is 129 cm³/mol. The molecular weight excluding hydrogens is 504 g/mol. The van der Waals surface area contributed by atoms with Crippen molar-refractivity contribution in [2.24, 2.45) is 10.3 Å². The number of nitrogens with one attached hydrogen (secondary N) is 2. The first kappa shape index (κ1) is 23.7.